The first-order valence-corrected chi connectivity index (χ1v) is 10.4. The number of nitrogens with zero attached hydrogens (tertiary/aromatic N) is 2. The average Bonchev–Trinajstić information content (AvgIpc) is 2.85. The normalized spacial score (nSPS) is 10.6. The maximum atomic E-state index is 13.0. The van der Waals surface area contributed by atoms with Crippen molar-refractivity contribution < 1.29 is 28.4 Å². The largest absolute Gasteiger partial charge is 0.490 e. The van der Waals surface area contributed by atoms with Gasteiger partial charge in [0.25, 0.3) is 17.5 Å². The first kappa shape index (κ1) is 24.8. The molecule has 0 unspecified atom stereocenters. The molecule has 11 heteroatoms. The molecule has 35 heavy (non-hydrogen) atoms. The lowest BCUT2D eigenvalue weighted by molar-refractivity contribution is -0.384. The molecule has 3 rings (SSSR count). The lowest BCUT2D eigenvalue weighted by Crippen LogP contribution is -2.20. The lowest BCUT2D eigenvalue weighted by atomic mass is 10.2. The number of nitrogens with one attached hydrogen (secondary N) is 2. The predicted octanol–water partition coefficient (Wildman–Crippen LogP) is 3.91. The molecule has 0 bridgehead atoms. The van der Waals surface area contributed by atoms with Crippen LogP contribution in [0.2, 0.25) is 0 Å². The fraction of sp³-hybridized carbons (Fsp3) is 0.125. The van der Waals surface area contributed by atoms with Crippen molar-refractivity contribution in [1.29, 1.82) is 0 Å². The van der Waals surface area contributed by atoms with E-state index in [9.17, 15) is 24.1 Å². The lowest BCUT2D eigenvalue weighted by Gasteiger charge is -2.12. The number of hydrogen-bond donors (Lipinski definition) is 2. The molecule has 0 saturated heterocycles. The predicted molar refractivity (Wildman–Crippen MR) is 126 cm³/mol. The summed E-state index contributed by atoms with van der Waals surface area (Å²) in [7, 11) is 0. The summed E-state index contributed by atoms with van der Waals surface area (Å²) in [5.41, 5.74) is 3.45. The van der Waals surface area contributed by atoms with Crippen molar-refractivity contribution in [3.05, 3.63) is 93.8 Å². The Bertz CT molecular complexity index is 1230. The van der Waals surface area contributed by atoms with Crippen LogP contribution in [-0.4, -0.2) is 36.2 Å². The van der Waals surface area contributed by atoms with Gasteiger partial charge in [-0.15, -0.1) is 0 Å². The second kappa shape index (κ2) is 11.9. The number of rotatable bonds is 10. The van der Waals surface area contributed by atoms with E-state index in [0.717, 1.165) is 0 Å². The highest BCUT2D eigenvalue weighted by atomic mass is 19.1. The number of nitro groups is 1. The molecule has 0 radical (unpaired) electrons. The molecule has 0 fully saturated rings. The first-order valence-electron chi connectivity index (χ1n) is 10.4. The highest BCUT2D eigenvalue weighted by Gasteiger charge is 2.11. The Morgan fingerprint density at radius 3 is 2.40 bits per heavy atom. The molecular weight excluding hydrogens is 459 g/mol. The van der Waals surface area contributed by atoms with Crippen molar-refractivity contribution in [2.24, 2.45) is 5.10 Å². The smallest absolute Gasteiger partial charge is 0.271 e. The SMILES string of the molecule is CCOc1cc(/C=N/NC(=O)c2ccc([N+](=O)[O-])cc2)ccc1OCC(=O)Nc1ccc(F)cc1. The number of halogens is 1. The first-order chi connectivity index (χ1) is 16.9. The van der Waals surface area contributed by atoms with Crippen LogP contribution in [0.15, 0.2) is 71.8 Å². The van der Waals surface area contributed by atoms with Crippen LogP contribution in [0.5, 0.6) is 11.5 Å². The number of carbonyl (C=O) groups is 2. The van der Waals surface area contributed by atoms with E-state index in [1.807, 2.05) is 0 Å². The Balaban J connectivity index is 1.58. The fourth-order valence-electron chi connectivity index (χ4n) is 2.83. The van der Waals surface area contributed by atoms with Gasteiger partial charge in [0.05, 0.1) is 17.7 Å². The van der Waals surface area contributed by atoms with E-state index in [1.54, 1.807) is 25.1 Å². The third-order valence-electron chi connectivity index (χ3n) is 4.47. The number of anilines is 1. The fourth-order valence-corrected chi connectivity index (χ4v) is 2.83. The minimum Gasteiger partial charge on any atom is -0.490 e. The van der Waals surface area contributed by atoms with Crippen LogP contribution < -0.4 is 20.2 Å². The van der Waals surface area contributed by atoms with Gasteiger partial charge in [-0.2, -0.15) is 5.10 Å². The molecule has 0 aliphatic rings. The Morgan fingerprint density at radius 1 is 1.03 bits per heavy atom. The summed E-state index contributed by atoms with van der Waals surface area (Å²) in [6, 6.07) is 15.3. The van der Waals surface area contributed by atoms with Gasteiger partial charge in [0.1, 0.15) is 5.82 Å². The Labute approximate surface area is 199 Å². The highest BCUT2D eigenvalue weighted by molar-refractivity contribution is 5.95. The molecule has 3 aromatic carbocycles. The van der Waals surface area contributed by atoms with Crippen molar-refractivity contribution in [2.75, 3.05) is 18.5 Å². The number of nitro benzene ring substituents is 1. The van der Waals surface area contributed by atoms with Crippen molar-refractivity contribution >= 4 is 29.4 Å². The van der Waals surface area contributed by atoms with Crippen molar-refractivity contribution in [3.8, 4) is 11.5 Å². The maximum absolute atomic E-state index is 13.0. The molecule has 2 amide bonds. The Kier molecular flexibility index (Phi) is 8.43. The van der Waals surface area contributed by atoms with Crippen LogP contribution in [-0.2, 0) is 4.79 Å². The second-order valence-electron chi connectivity index (χ2n) is 6.99. The summed E-state index contributed by atoms with van der Waals surface area (Å²) in [4.78, 5) is 34.4. The Morgan fingerprint density at radius 2 is 1.74 bits per heavy atom. The van der Waals surface area contributed by atoms with Gasteiger partial charge in [0.15, 0.2) is 18.1 Å². The van der Waals surface area contributed by atoms with E-state index < -0.39 is 22.6 Å². The monoisotopic (exact) mass is 480 g/mol. The van der Waals surface area contributed by atoms with E-state index in [1.165, 1.54) is 54.7 Å². The van der Waals surface area contributed by atoms with Crippen LogP contribution in [0.3, 0.4) is 0 Å². The van der Waals surface area contributed by atoms with Gasteiger partial charge < -0.3 is 14.8 Å². The number of benzene rings is 3. The molecule has 10 nitrogen and oxygen atoms in total. The third-order valence-corrected chi connectivity index (χ3v) is 4.47. The number of amides is 2. The van der Waals surface area contributed by atoms with Crippen LogP contribution >= 0.6 is 0 Å². The van der Waals surface area contributed by atoms with Gasteiger partial charge in [-0.05, 0) is 67.1 Å². The zero-order chi connectivity index (χ0) is 25.2. The van der Waals surface area contributed by atoms with Gasteiger partial charge in [0.2, 0.25) is 0 Å². The zero-order valence-corrected chi connectivity index (χ0v) is 18.6. The Hall–Kier alpha value is -4.80. The van der Waals surface area contributed by atoms with E-state index >= 15 is 0 Å². The molecule has 0 atom stereocenters. The summed E-state index contributed by atoms with van der Waals surface area (Å²) < 4.78 is 24.1. The average molecular weight is 480 g/mol. The van der Waals surface area contributed by atoms with Gasteiger partial charge in [-0.3, -0.25) is 19.7 Å². The number of non-ortho nitro benzene ring substituents is 1. The van der Waals surface area contributed by atoms with Gasteiger partial charge >= 0.3 is 0 Å². The second-order valence-corrected chi connectivity index (χ2v) is 6.99. The number of hydrogen-bond acceptors (Lipinski definition) is 7. The summed E-state index contributed by atoms with van der Waals surface area (Å²) >= 11 is 0. The standard InChI is InChI=1S/C24H21FN4O6/c1-2-34-22-13-16(14-26-28-24(31)17-4-10-20(11-5-17)29(32)33)3-12-21(22)35-15-23(30)27-19-8-6-18(25)7-9-19/h3-14H,2,15H2,1H3,(H,27,30)(H,28,31)/b26-14+. The molecule has 0 spiro atoms. The summed E-state index contributed by atoms with van der Waals surface area (Å²) in [6.07, 6.45) is 1.39. The van der Waals surface area contributed by atoms with Crippen molar-refractivity contribution in [2.45, 2.75) is 6.92 Å². The molecule has 0 aliphatic carbocycles. The third kappa shape index (κ3) is 7.35. The van der Waals surface area contributed by atoms with Gasteiger partial charge in [-0.25, -0.2) is 9.82 Å². The van der Waals surface area contributed by atoms with Crippen LogP contribution in [0.4, 0.5) is 15.8 Å². The maximum Gasteiger partial charge on any atom is 0.271 e. The van der Waals surface area contributed by atoms with Crippen LogP contribution in [0.1, 0.15) is 22.8 Å². The number of hydrazone groups is 1. The molecule has 180 valence electrons. The molecule has 0 heterocycles. The van der Waals surface area contributed by atoms with E-state index in [4.69, 9.17) is 9.47 Å². The highest BCUT2D eigenvalue weighted by Crippen LogP contribution is 2.28. The molecular formula is C24H21FN4O6. The van der Waals surface area contributed by atoms with Crippen LogP contribution in [0, 0.1) is 15.9 Å². The molecule has 2 N–H and O–H groups in total. The van der Waals surface area contributed by atoms with Crippen molar-refractivity contribution in [1.82, 2.24) is 5.43 Å². The van der Waals surface area contributed by atoms with E-state index in [-0.39, 0.29) is 17.9 Å². The number of carbonyl (C=O) groups excluding carboxylic acids is 2. The minimum absolute atomic E-state index is 0.122. The quantitative estimate of drug-likeness (QED) is 0.257. The molecule has 0 aromatic heterocycles. The summed E-state index contributed by atoms with van der Waals surface area (Å²) in [5.74, 6) is -0.678. The minimum atomic E-state index is -0.554. The molecule has 0 saturated carbocycles. The van der Waals surface area contributed by atoms with E-state index in [2.05, 4.69) is 15.8 Å². The van der Waals surface area contributed by atoms with Crippen LogP contribution in [0.25, 0.3) is 0 Å². The van der Waals surface area contributed by atoms with Crippen molar-refractivity contribution in [3.63, 3.8) is 0 Å². The summed E-state index contributed by atoms with van der Waals surface area (Å²) in [6.45, 7) is 1.84. The topological polar surface area (TPSA) is 132 Å². The van der Waals surface area contributed by atoms with E-state index in [0.29, 0.717) is 29.4 Å². The summed E-state index contributed by atoms with van der Waals surface area (Å²) in [5, 5.41) is 17.2. The van der Waals surface area contributed by atoms with Gasteiger partial charge in [-0.1, -0.05) is 0 Å². The van der Waals surface area contributed by atoms with Gasteiger partial charge in [0, 0.05) is 23.4 Å². The molecule has 0 aliphatic heterocycles. The molecule has 3 aromatic rings. The number of ether oxygens (including phenoxy) is 2. The zero-order valence-electron chi connectivity index (χ0n) is 18.6.